The van der Waals surface area contributed by atoms with Crippen molar-refractivity contribution in [1.29, 1.82) is 0 Å². The van der Waals surface area contributed by atoms with Crippen molar-refractivity contribution in [3.63, 3.8) is 0 Å². The standard InChI is InChI=1S/C15H19ClN4OS.C2H2O4/c1-12-17-15(22-11-8-19-6-9-21-10-7-19)18-20(12)14-4-2-13(16)3-5-14;3-1(4)2(5)6/h2-5H,6-11H2,1H3;(H,3,4)(H,5,6). The Morgan fingerprint density at radius 3 is 2.36 bits per heavy atom. The monoisotopic (exact) mass is 428 g/mol. The first kappa shape index (κ1) is 22.2. The quantitative estimate of drug-likeness (QED) is 0.542. The summed E-state index contributed by atoms with van der Waals surface area (Å²) in [7, 11) is 0. The molecule has 0 atom stereocenters. The predicted octanol–water partition coefficient (Wildman–Crippen LogP) is 1.81. The third-order valence-electron chi connectivity index (χ3n) is 3.75. The van der Waals surface area contributed by atoms with Gasteiger partial charge in [-0.2, -0.15) is 0 Å². The minimum absolute atomic E-state index is 0.724. The third kappa shape index (κ3) is 7.12. The van der Waals surface area contributed by atoms with Gasteiger partial charge < -0.3 is 14.9 Å². The second-order valence-corrected chi connectivity index (χ2v) is 7.24. The number of hydrogen-bond acceptors (Lipinski definition) is 7. The number of ether oxygens (including phenoxy) is 1. The summed E-state index contributed by atoms with van der Waals surface area (Å²) in [4.78, 5) is 25.1. The summed E-state index contributed by atoms with van der Waals surface area (Å²) < 4.78 is 7.21. The largest absolute Gasteiger partial charge is 0.473 e. The van der Waals surface area contributed by atoms with E-state index in [9.17, 15) is 0 Å². The van der Waals surface area contributed by atoms with E-state index in [4.69, 9.17) is 36.1 Å². The molecular weight excluding hydrogens is 408 g/mol. The molecule has 28 heavy (non-hydrogen) atoms. The van der Waals surface area contributed by atoms with E-state index in [-0.39, 0.29) is 0 Å². The van der Waals surface area contributed by atoms with Gasteiger partial charge in [0.05, 0.1) is 18.9 Å². The number of rotatable bonds is 5. The molecule has 2 N–H and O–H groups in total. The van der Waals surface area contributed by atoms with Crippen LogP contribution in [0, 0.1) is 6.92 Å². The van der Waals surface area contributed by atoms with Gasteiger partial charge >= 0.3 is 11.9 Å². The highest BCUT2D eigenvalue weighted by Crippen LogP contribution is 2.18. The number of aryl methyl sites for hydroxylation is 1. The molecule has 3 rings (SSSR count). The molecule has 0 radical (unpaired) electrons. The summed E-state index contributed by atoms with van der Waals surface area (Å²) in [5, 5.41) is 20.9. The van der Waals surface area contributed by atoms with Crippen molar-refractivity contribution in [2.75, 3.05) is 38.6 Å². The lowest BCUT2D eigenvalue weighted by Gasteiger charge is -2.25. The van der Waals surface area contributed by atoms with Crippen molar-refractivity contribution < 1.29 is 24.5 Å². The van der Waals surface area contributed by atoms with Crippen LogP contribution < -0.4 is 0 Å². The van der Waals surface area contributed by atoms with Gasteiger partial charge in [0.1, 0.15) is 5.82 Å². The lowest BCUT2D eigenvalue weighted by atomic mass is 10.3. The van der Waals surface area contributed by atoms with Crippen LogP contribution in [0.5, 0.6) is 0 Å². The maximum absolute atomic E-state index is 9.10. The van der Waals surface area contributed by atoms with Crippen molar-refractivity contribution in [3.8, 4) is 5.69 Å². The molecule has 0 saturated carbocycles. The van der Waals surface area contributed by atoms with Crippen LogP contribution in [0.4, 0.5) is 0 Å². The number of hydrogen-bond donors (Lipinski definition) is 2. The molecule has 1 aromatic carbocycles. The Bertz CT molecular complexity index is 781. The number of halogens is 1. The first-order chi connectivity index (χ1) is 13.4. The van der Waals surface area contributed by atoms with E-state index in [1.807, 2.05) is 35.9 Å². The lowest BCUT2D eigenvalue weighted by Crippen LogP contribution is -2.37. The molecule has 152 valence electrons. The van der Waals surface area contributed by atoms with Crippen LogP contribution in [0.25, 0.3) is 5.69 Å². The van der Waals surface area contributed by atoms with Crippen LogP contribution in [0.3, 0.4) is 0 Å². The number of aromatic nitrogens is 3. The van der Waals surface area contributed by atoms with Crippen LogP contribution in [0.15, 0.2) is 29.4 Å². The minimum Gasteiger partial charge on any atom is -0.473 e. The van der Waals surface area contributed by atoms with E-state index in [0.717, 1.165) is 60.3 Å². The normalized spacial score (nSPS) is 14.2. The van der Waals surface area contributed by atoms with Gasteiger partial charge in [0.15, 0.2) is 0 Å². The molecule has 2 heterocycles. The summed E-state index contributed by atoms with van der Waals surface area (Å²) in [6.07, 6.45) is 0. The average molecular weight is 429 g/mol. The Hall–Kier alpha value is -2.14. The number of aliphatic carboxylic acids is 2. The van der Waals surface area contributed by atoms with Gasteiger partial charge in [0.25, 0.3) is 0 Å². The highest BCUT2D eigenvalue weighted by atomic mass is 35.5. The van der Waals surface area contributed by atoms with Gasteiger partial charge in [-0.25, -0.2) is 19.3 Å². The number of benzene rings is 1. The number of carboxylic acids is 2. The van der Waals surface area contributed by atoms with E-state index in [2.05, 4.69) is 15.0 Å². The van der Waals surface area contributed by atoms with Crippen LogP contribution in [0.1, 0.15) is 5.82 Å². The molecule has 1 aliphatic heterocycles. The first-order valence-corrected chi connectivity index (χ1v) is 9.82. The average Bonchev–Trinajstić information content (AvgIpc) is 3.04. The number of thioether (sulfide) groups is 1. The topological polar surface area (TPSA) is 118 Å². The van der Waals surface area contributed by atoms with Gasteiger partial charge in [0, 0.05) is 30.4 Å². The minimum atomic E-state index is -1.82. The molecule has 11 heteroatoms. The van der Waals surface area contributed by atoms with Gasteiger partial charge in [0.2, 0.25) is 5.16 Å². The molecule has 2 aromatic rings. The Morgan fingerprint density at radius 2 is 1.79 bits per heavy atom. The Morgan fingerprint density at radius 1 is 1.18 bits per heavy atom. The summed E-state index contributed by atoms with van der Waals surface area (Å²) in [6.45, 7) is 6.73. The second kappa shape index (κ2) is 11.0. The van der Waals surface area contributed by atoms with Crippen molar-refractivity contribution >= 4 is 35.3 Å². The molecule has 9 nitrogen and oxygen atoms in total. The molecule has 0 bridgehead atoms. The molecule has 0 amide bonds. The van der Waals surface area contributed by atoms with Crippen molar-refractivity contribution in [3.05, 3.63) is 35.1 Å². The van der Waals surface area contributed by atoms with Crippen LogP contribution >= 0.6 is 23.4 Å². The van der Waals surface area contributed by atoms with E-state index in [0.29, 0.717) is 0 Å². The fourth-order valence-electron chi connectivity index (χ4n) is 2.34. The Kier molecular flexibility index (Phi) is 8.71. The SMILES string of the molecule is Cc1nc(SCCN2CCOCC2)nn1-c1ccc(Cl)cc1.O=C(O)C(=O)O. The van der Waals surface area contributed by atoms with E-state index < -0.39 is 11.9 Å². The van der Waals surface area contributed by atoms with Crippen molar-refractivity contribution in [2.24, 2.45) is 0 Å². The third-order valence-corrected chi connectivity index (χ3v) is 4.82. The zero-order chi connectivity index (χ0) is 20.5. The molecule has 1 saturated heterocycles. The highest BCUT2D eigenvalue weighted by molar-refractivity contribution is 7.99. The molecule has 1 aliphatic rings. The van der Waals surface area contributed by atoms with Crippen LogP contribution in [0.2, 0.25) is 5.02 Å². The van der Waals surface area contributed by atoms with Gasteiger partial charge in [-0.15, -0.1) is 5.10 Å². The van der Waals surface area contributed by atoms with Gasteiger partial charge in [-0.1, -0.05) is 23.4 Å². The smallest absolute Gasteiger partial charge is 0.414 e. The predicted molar refractivity (Wildman–Crippen MR) is 104 cm³/mol. The highest BCUT2D eigenvalue weighted by Gasteiger charge is 2.12. The maximum Gasteiger partial charge on any atom is 0.414 e. The number of nitrogens with zero attached hydrogens (tertiary/aromatic N) is 4. The zero-order valence-electron chi connectivity index (χ0n) is 15.2. The summed E-state index contributed by atoms with van der Waals surface area (Å²) >= 11 is 7.62. The summed E-state index contributed by atoms with van der Waals surface area (Å²) in [5.74, 6) is -1.77. The summed E-state index contributed by atoms with van der Waals surface area (Å²) in [6, 6.07) is 7.63. The fourth-order valence-corrected chi connectivity index (χ4v) is 3.34. The summed E-state index contributed by atoms with van der Waals surface area (Å²) in [5.41, 5.74) is 0.981. The second-order valence-electron chi connectivity index (χ2n) is 5.74. The number of carboxylic acid groups (broad SMARTS) is 2. The van der Waals surface area contributed by atoms with Crippen LogP contribution in [-0.2, 0) is 14.3 Å². The molecule has 0 unspecified atom stereocenters. The molecule has 1 fully saturated rings. The van der Waals surface area contributed by atoms with Crippen LogP contribution in [-0.4, -0.2) is 80.4 Å². The number of carbonyl (C=O) groups is 2. The fraction of sp³-hybridized carbons (Fsp3) is 0.412. The van der Waals surface area contributed by atoms with Crippen molar-refractivity contribution in [1.82, 2.24) is 19.7 Å². The molecule has 0 spiro atoms. The molecular formula is C17H21ClN4O5S. The molecule has 1 aromatic heterocycles. The Labute approximate surface area is 171 Å². The van der Waals surface area contributed by atoms with E-state index in [1.54, 1.807) is 11.8 Å². The van der Waals surface area contributed by atoms with Gasteiger partial charge in [-0.3, -0.25) is 4.90 Å². The lowest BCUT2D eigenvalue weighted by molar-refractivity contribution is -0.159. The van der Waals surface area contributed by atoms with Crippen molar-refractivity contribution in [2.45, 2.75) is 12.1 Å². The maximum atomic E-state index is 9.10. The van der Waals surface area contributed by atoms with Gasteiger partial charge in [-0.05, 0) is 31.2 Å². The van der Waals surface area contributed by atoms with E-state index in [1.165, 1.54) is 0 Å². The molecule has 0 aliphatic carbocycles. The Balaban J connectivity index is 0.000000409. The van der Waals surface area contributed by atoms with E-state index >= 15 is 0 Å². The zero-order valence-corrected chi connectivity index (χ0v) is 16.8. The number of morpholine rings is 1. The first-order valence-electron chi connectivity index (χ1n) is 8.45.